The standard InChI is InChI=1S/C15H19FN2O4S/c1-9-6-10(16)2-3-14(9)23(20,21)17-8-15(19)18-12-7-13-11(12)4-5-22-13/h2-3,6,11-13,17H,4-5,7-8H2,1H3,(H,18,19)/t11-,12+,13+/m1/s1. The molecule has 1 saturated carbocycles. The van der Waals surface area contributed by atoms with Crippen LogP contribution in [0.15, 0.2) is 23.1 Å². The van der Waals surface area contributed by atoms with Crippen LogP contribution in [0.2, 0.25) is 0 Å². The van der Waals surface area contributed by atoms with E-state index in [1.54, 1.807) is 0 Å². The molecule has 8 heteroatoms. The predicted molar refractivity (Wildman–Crippen MR) is 80.7 cm³/mol. The van der Waals surface area contributed by atoms with Crippen LogP contribution in [-0.4, -0.2) is 39.6 Å². The van der Waals surface area contributed by atoms with E-state index in [0.717, 1.165) is 31.6 Å². The summed E-state index contributed by atoms with van der Waals surface area (Å²) in [4.78, 5) is 11.9. The lowest BCUT2D eigenvalue weighted by molar-refractivity contribution is -0.122. The molecule has 0 aromatic heterocycles. The second-order valence-electron chi connectivity index (χ2n) is 6.01. The molecule has 1 saturated heterocycles. The minimum atomic E-state index is -3.85. The van der Waals surface area contributed by atoms with Gasteiger partial charge in [-0.3, -0.25) is 4.79 Å². The number of carbonyl (C=O) groups is 1. The van der Waals surface area contributed by atoms with Gasteiger partial charge in [-0.15, -0.1) is 0 Å². The highest BCUT2D eigenvalue weighted by Gasteiger charge is 2.45. The quantitative estimate of drug-likeness (QED) is 0.825. The largest absolute Gasteiger partial charge is 0.378 e. The lowest BCUT2D eigenvalue weighted by Crippen LogP contribution is -2.55. The van der Waals surface area contributed by atoms with E-state index in [9.17, 15) is 17.6 Å². The van der Waals surface area contributed by atoms with Gasteiger partial charge in [0.05, 0.1) is 17.5 Å². The van der Waals surface area contributed by atoms with Gasteiger partial charge in [-0.2, -0.15) is 0 Å². The third-order valence-corrected chi connectivity index (χ3v) is 6.02. The summed E-state index contributed by atoms with van der Waals surface area (Å²) in [5, 5.41) is 2.83. The number of halogens is 1. The van der Waals surface area contributed by atoms with Crippen molar-refractivity contribution in [3.63, 3.8) is 0 Å². The Morgan fingerprint density at radius 2 is 2.22 bits per heavy atom. The number of rotatable bonds is 5. The summed E-state index contributed by atoms with van der Waals surface area (Å²) in [6.45, 7) is 1.89. The molecule has 2 fully saturated rings. The van der Waals surface area contributed by atoms with Crippen molar-refractivity contribution in [2.45, 2.75) is 36.8 Å². The molecule has 0 radical (unpaired) electrons. The predicted octanol–water partition coefficient (Wildman–Crippen LogP) is 0.706. The van der Waals surface area contributed by atoms with Crippen molar-refractivity contribution in [2.75, 3.05) is 13.2 Å². The molecule has 126 valence electrons. The van der Waals surface area contributed by atoms with Crippen LogP contribution >= 0.6 is 0 Å². The minimum Gasteiger partial charge on any atom is -0.378 e. The molecule has 1 aliphatic carbocycles. The third kappa shape index (κ3) is 3.39. The van der Waals surface area contributed by atoms with Crippen LogP contribution in [0.25, 0.3) is 0 Å². The smallest absolute Gasteiger partial charge is 0.241 e. The van der Waals surface area contributed by atoms with E-state index < -0.39 is 15.8 Å². The maximum absolute atomic E-state index is 13.1. The molecule has 1 aromatic carbocycles. The van der Waals surface area contributed by atoms with Gasteiger partial charge in [0.2, 0.25) is 15.9 Å². The van der Waals surface area contributed by atoms with E-state index in [-0.39, 0.29) is 29.5 Å². The lowest BCUT2D eigenvalue weighted by atomic mass is 9.76. The maximum atomic E-state index is 13.1. The number of fused-ring (bicyclic) bond motifs is 1. The number of aryl methyl sites for hydroxylation is 1. The van der Waals surface area contributed by atoms with Gasteiger partial charge in [-0.25, -0.2) is 17.5 Å². The Bertz CT molecular complexity index is 722. The normalized spacial score (nSPS) is 26.4. The summed E-state index contributed by atoms with van der Waals surface area (Å²) in [5.74, 6) is -0.531. The Balaban J connectivity index is 1.55. The van der Waals surface area contributed by atoms with Gasteiger partial charge < -0.3 is 10.1 Å². The highest BCUT2D eigenvalue weighted by Crippen LogP contribution is 2.38. The monoisotopic (exact) mass is 342 g/mol. The zero-order valence-corrected chi connectivity index (χ0v) is 13.5. The Hall–Kier alpha value is -1.51. The Morgan fingerprint density at radius 1 is 1.43 bits per heavy atom. The first kappa shape index (κ1) is 16.4. The van der Waals surface area contributed by atoms with Crippen LogP contribution in [0.4, 0.5) is 4.39 Å². The average molecular weight is 342 g/mol. The Labute approximate surface area is 134 Å². The van der Waals surface area contributed by atoms with Crippen LogP contribution in [-0.2, 0) is 19.6 Å². The molecule has 2 N–H and O–H groups in total. The van der Waals surface area contributed by atoms with Crippen LogP contribution in [0.3, 0.4) is 0 Å². The molecule has 23 heavy (non-hydrogen) atoms. The van der Waals surface area contributed by atoms with Crippen LogP contribution < -0.4 is 10.0 Å². The second kappa shape index (κ2) is 6.18. The second-order valence-corrected chi connectivity index (χ2v) is 7.74. The van der Waals surface area contributed by atoms with Crippen molar-refractivity contribution < 1.29 is 22.3 Å². The molecule has 0 spiro atoms. The van der Waals surface area contributed by atoms with Gasteiger partial charge in [0.25, 0.3) is 0 Å². The number of ether oxygens (including phenoxy) is 1. The zero-order valence-electron chi connectivity index (χ0n) is 12.7. The Morgan fingerprint density at radius 3 is 2.91 bits per heavy atom. The maximum Gasteiger partial charge on any atom is 0.241 e. The number of amides is 1. The molecule has 6 nitrogen and oxygen atoms in total. The van der Waals surface area contributed by atoms with E-state index in [2.05, 4.69) is 10.0 Å². The summed E-state index contributed by atoms with van der Waals surface area (Å²) in [6.07, 6.45) is 1.94. The van der Waals surface area contributed by atoms with Gasteiger partial charge in [-0.1, -0.05) is 0 Å². The molecule has 3 atom stereocenters. The first-order chi connectivity index (χ1) is 10.9. The minimum absolute atomic E-state index is 0.0281. The van der Waals surface area contributed by atoms with Gasteiger partial charge in [-0.05, 0) is 43.5 Å². The van der Waals surface area contributed by atoms with Crippen LogP contribution in [0.5, 0.6) is 0 Å². The van der Waals surface area contributed by atoms with Crippen molar-refractivity contribution in [3.05, 3.63) is 29.6 Å². The Kier molecular flexibility index (Phi) is 4.39. The highest BCUT2D eigenvalue weighted by atomic mass is 32.2. The summed E-state index contributed by atoms with van der Waals surface area (Å²) in [6, 6.07) is 3.48. The third-order valence-electron chi connectivity index (χ3n) is 4.46. The topological polar surface area (TPSA) is 84.5 Å². The van der Waals surface area contributed by atoms with Gasteiger partial charge in [0.1, 0.15) is 5.82 Å². The molecule has 1 heterocycles. The molecule has 3 rings (SSSR count). The fourth-order valence-corrected chi connectivity index (χ4v) is 4.38. The molecule has 1 aromatic rings. The fourth-order valence-electron chi connectivity index (χ4n) is 3.17. The van der Waals surface area contributed by atoms with Crippen molar-refractivity contribution in [1.82, 2.24) is 10.0 Å². The van der Waals surface area contributed by atoms with E-state index in [1.165, 1.54) is 13.0 Å². The van der Waals surface area contributed by atoms with Gasteiger partial charge in [0.15, 0.2) is 0 Å². The summed E-state index contributed by atoms with van der Waals surface area (Å²) >= 11 is 0. The van der Waals surface area contributed by atoms with E-state index in [0.29, 0.717) is 11.5 Å². The number of nitrogens with one attached hydrogen (secondary N) is 2. The van der Waals surface area contributed by atoms with E-state index in [1.807, 2.05) is 0 Å². The molecule has 0 unspecified atom stereocenters. The van der Waals surface area contributed by atoms with Gasteiger partial charge >= 0.3 is 0 Å². The average Bonchev–Trinajstić information content (AvgIpc) is 2.83. The van der Waals surface area contributed by atoms with E-state index in [4.69, 9.17) is 4.74 Å². The molecular weight excluding hydrogens is 323 g/mol. The number of hydrogen-bond acceptors (Lipinski definition) is 4. The summed E-state index contributed by atoms with van der Waals surface area (Å²) in [7, 11) is -3.85. The van der Waals surface area contributed by atoms with Crippen LogP contribution in [0.1, 0.15) is 18.4 Å². The van der Waals surface area contributed by atoms with Crippen molar-refractivity contribution in [1.29, 1.82) is 0 Å². The van der Waals surface area contributed by atoms with Crippen molar-refractivity contribution >= 4 is 15.9 Å². The van der Waals surface area contributed by atoms with Crippen LogP contribution in [0, 0.1) is 18.7 Å². The number of carbonyl (C=O) groups excluding carboxylic acids is 1. The summed E-state index contributed by atoms with van der Waals surface area (Å²) in [5.41, 5.74) is 0.294. The number of hydrogen-bond donors (Lipinski definition) is 2. The first-order valence-corrected chi connectivity index (χ1v) is 9.02. The fraction of sp³-hybridized carbons (Fsp3) is 0.533. The van der Waals surface area contributed by atoms with Crippen molar-refractivity contribution in [2.24, 2.45) is 5.92 Å². The first-order valence-electron chi connectivity index (χ1n) is 7.53. The molecule has 1 amide bonds. The molecular formula is C15H19FN2O4S. The molecule has 0 bridgehead atoms. The van der Waals surface area contributed by atoms with Gasteiger partial charge in [0, 0.05) is 18.6 Å². The molecule has 2 aliphatic rings. The SMILES string of the molecule is Cc1cc(F)ccc1S(=O)(=O)NCC(=O)N[C@H]1C[C@@H]2OCC[C@H]12. The summed E-state index contributed by atoms with van der Waals surface area (Å²) < 4.78 is 45.2. The number of sulfonamides is 1. The lowest BCUT2D eigenvalue weighted by Gasteiger charge is -2.39. The highest BCUT2D eigenvalue weighted by molar-refractivity contribution is 7.89. The van der Waals surface area contributed by atoms with Crippen molar-refractivity contribution in [3.8, 4) is 0 Å². The zero-order chi connectivity index (χ0) is 16.6. The van der Waals surface area contributed by atoms with E-state index >= 15 is 0 Å². The molecule has 1 aliphatic heterocycles. The number of benzene rings is 1.